The van der Waals surface area contributed by atoms with Crippen LogP contribution in [-0.4, -0.2) is 61.1 Å². The van der Waals surface area contributed by atoms with Crippen molar-refractivity contribution >= 4 is 21.8 Å². The highest BCUT2D eigenvalue weighted by Gasteiger charge is 2.31. The van der Waals surface area contributed by atoms with Crippen molar-refractivity contribution in [2.24, 2.45) is 0 Å². The lowest BCUT2D eigenvalue weighted by molar-refractivity contribution is 0.0185. The molecule has 1 aromatic carbocycles. The van der Waals surface area contributed by atoms with Gasteiger partial charge in [-0.25, -0.2) is 0 Å². The second kappa shape index (κ2) is 6.24. The molecular formula is C15H19BrN2O2. The summed E-state index contributed by atoms with van der Waals surface area (Å²) >= 11 is 3.46. The second-order valence-corrected chi connectivity index (χ2v) is 6.18. The van der Waals surface area contributed by atoms with Crippen molar-refractivity contribution in [2.45, 2.75) is 12.5 Å². The van der Waals surface area contributed by atoms with E-state index in [-0.39, 0.29) is 5.91 Å². The zero-order chi connectivity index (χ0) is 13.9. The Bertz CT molecular complexity index is 489. The minimum atomic E-state index is 0.133. The average molecular weight is 339 g/mol. The summed E-state index contributed by atoms with van der Waals surface area (Å²) in [4.78, 5) is 17.0. The molecule has 0 radical (unpaired) electrons. The van der Waals surface area contributed by atoms with Crippen molar-refractivity contribution in [3.8, 4) is 0 Å². The highest BCUT2D eigenvalue weighted by Crippen LogP contribution is 2.22. The average Bonchev–Trinajstić information content (AvgIpc) is 2.98. The first kappa shape index (κ1) is 14.0. The Morgan fingerprint density at radius 1 is 1.20 bits per heavy atom. The fourth-order valence-electron chi connectivity index (χ4n) is 2.97. The number of likely N-dealkylation sites (tertiary alicyclic amines) is 1. The zero-order valence-corrected chi connectivity index (χ0v) is 13.0. The molecule has 0 bridgehead atoms. The number of halogens is 1. The molecule has 2 aliphatic rings. The summed E-state index contributed by atoms with van der Waals surface area (Å²) < 4.78 is 6.27. The van der Waals surface area contributed by atoms with Gasteiger partial charge in [0, 0.05) is 36.7 Å². The fraction of sp³-hybridized carbons (Fsp3) is 0.533. The molecular weight excluding hydrogens is 320 g/mol. The fourth-order valence-corrected chi connectivity index (χ4v) is 3.43. The van der Waals surface area contributed by atoms with E-state index < -0.39 is 0 Å². The van der Waals surface area contributed by atoms with Crippen molar-refractivity contribution in [1.82, 2.24) is 9.80 Å². The molecule has 2 heterocycles. The molecule has 1 unspecified atom stereocenters. The van der Waals surface area contributed by atoms with Crippen molar-refractivity contribution in [3.05, 3.63) is 34.3 Å². The molecule has 0 aromatic heterocycles. The minimum Gasteiger partial charge on any atom is -0.379 e. The molecule has 1 amide bonds. The summed E-state index contributed by atoms with van der Waals surface area (Å²) in [5.74, 6) is 0.133. The molecule has 0 spiro atoms. The molecule has 3 rings (SSSR count). The molecule has 1 aromatic rings. The van der Waals surface area contributed by atoms with Gasteiger partial charge in [0.05, 0.1) is 18.8 Å². The number of benzene rings is 1. The van der Waals surface area contributed by atoms with Crippen LogP contribution < -0.4 is 0 Å². The summed E-state index contributed by atoms with van der Waals surface area (Å²) in [6.45, 7) is 5.29. The van der Waals surface area contributed by atoms with E-state index in [9.17, 15) is 4.79 Å². The van der Waals surface area contributed by atoms with Crippen LogP contribution in [-0.2, 0) is 4.74 Å². The first-order chi connectivity index (χ1) is 9.75. The maximum Gasteiger partial charge on any atom is 0.255 e. The van der Waals surface area contributed by atoms with E-state index in [0.29, 0.717) is 6.04 Å². The van der Waals surface area contributed by atoms with Gasteiger partial charge in [-0.05, 0) is 34.5 Å². The smallest absolute Gasteiger partial charge is 0.255 e. The van der Waals surface area contributed by atoms with Crippen LogP contribution in [0.4, 0.5) is 0 Å². The SMILES string of the molecule is O=C(c1ccccc1Br)N1CCC(N2CCOCC2)C1. The second-order valence-electron chi connectivity index (χ2n) is 5.32. The van der Waals surface area contributed by atoms with Gasteiger partial charge in [0.15, 0.2) is 0 Å². The molecule has 0 saturated carbocycles. The number of rotatable bonds is 2. The lowest BCUT2D eigenvalue weighted by Gasteiger charge is -2.32. The lowest BCUT2D eigenvalue weighted by atomic mass is 10.2. The number of carbonyl (C=O) groups excluding carboxylic acids is 1. The Kier molecular flexibility index (Phi) is 4.38. The maximum atomic E-state index is 12.5. The summed E-state index contributed by atoms with van der Waals surface area (Å²) in [5.41, 5.74) is 0.759. The van der Waals surface area contributed by atoms with Gasteiger partial charge in [-0.1, -0.05) is 12.1 Å². The van der Waals surface area contributed by atoms with Crippen molar-refractivity contribution in [2.75, 3.05) is 39.4 Å². The molecule has 0 N–H and O–H groups in total. The Balaban J connectivity index is 1.65. The third-order valence-corrected chi connectivity index (χ3v) is 4.81. The third-order valence-electron chi connectivity index (χ3n) is 4.12. The maximum absolute atomic E-state index is 12.5. The van der Waals surface area contributed by atoms with Crippen molar-refractivity contribution < 1.29 is 9.53 Å². The molecule has 5 heteroatoms. The summed E-state index contributed by atoms with van der Waals surface area (Å²) in [6, 6.07) is 8.14. The predicted molar refractivity (Wildman–Crippen MR) is 80.8 cm³/mol. The van der Waals surface area contributed by atoms with Crippen LogP contribution in [0.5, 0.6) is 0 Å². The third kappa shape index (κ3) is 2.90. The molecule has 108 valence electrons. The monoisotopic (exact) mass is 338 g/mol. The van der Waals surface area contributed by atoms with Crippen molar-refractivity contribution in [1.29, 1.82) is 0 Å². The number of amides is 1. The Morgan fingerprint density at radius 3 is 2.70 bits per heavy atom. The van der Waals surface area contributed by atoms with Crippen LogP contribution in [0.15, 0.2) is 28.7 Å². The number of carbonyl (C=O) groups is 1. The van der Waals surface area contributed by atoms with Crippen LogP contribution in [0.25, 0.3) is 0 Å². The highest BCUT2D eigenvalue weighted by molar-refractivity contribution is 9.10. The van der Waals surface area contributed by atoms with E-state index in [2.05, 4.69) is 20.8 Å². The Labute approximate surface area is 127 Å². The molecule has 2 aliphatic heterocycles. The summed E-state index contributed by atoms with van der Waals surface area (Å²) in [6.07, 6.45) is 1.07. The largest absolute Gasteiger partial charge is 0.379 e. The Morgan fingerprint density at radius 2 is 1.95 bits per heavy atom. The lowest BCUT2D eigenvalue weighted by Crippen LogP contribution is -2.45. The number of ether oxygens (including phenoxy) is 1. The van der Waals surface area contributed by atoms with E-state index in [1.807, 2.05) is 29.2 Å². The van der Waals surface area contributed by atoms with Crippen LogP contribution >= 0.6 is 15.9 Å². The van der Waals surface area contributed by atoms with E-state index in [4.69, 9.17) is 4.74 Å². The summed E-state index contributed by atoms with van der Waals surface area (Å²) in [7, 11) is 0. The Hall–Kier alpha value is -0.910. The van der Waals surface area contributed by atoms with Gasteiger partial charge < -0.3 is 9.64 Å². The quantitative estimate of drug-likeness (QED) is 0.826. The minimum absolute atomic E-state index is 0.133. The predicted octanol–water partition coefficient (Wildman–Crippen LogP) is 2.00. The van der Waals surface area contributed by atoms with Crippen LogP contribution in [0.2, 0.25) is 0 Å². The standard InChI is InChI=1S/C15H19BrN2O2/c16-14-4-2-1-3-13(14)15(19)18-6-5-12(11-18)17-7-9-20-10-8-17/h1-4,12H,5-11H2. The van der Waals surface area contributed by atoms with Crippen LogP contribution in [0.3, 0.4) is 0 Å². The van der Waals surface area contributed by atoms with E-state index >= 15 is 0 Å². The van der Waals surface area contributed by atoms with E-state index in [0.717, 1.165) is 55.8 Å². The molecule has 2 fully saturated rings. The molecule has 20 heavy (non-hydrogen) atoms. The number of morpholine rings is 1. The van der Waals surface area contributed by atoms with E-state index in [1.54, 1.807) is 0 Å². The van der Waals surface area contributed by atoms with Gasteiger partial charge >= 0.3 is 0 Å². The number of nitrogens with zero attached hydrogens (tertiary/aromatic N) is 2. The van der Waals surface area contributed by atoms with Gasteiger partial charge in [0.2, 0.25) is 0 Å². The summed E-state index contributed by atoms with van der Waals surface area (Å²) in [5, 5.41) is 0. The molecule has 4 nitrogen and oxygen atoms in total. The number of hydrogen-bond donors (Lipinski definition) is 0. The normalized spacial score (nSPS) is 24.1. The van der Waals surface area contributed by atoms with Gasteiger partial charge in [-0.3, -0.25) is 9.69 Å². The van der Waals surface area contributed by atoms with Crippen LogP contribution in [0, 0.1) is 0 Å². The topological polar surface area (TPSA) is 32.8 Å². The highest BCUT2D eigenvalue weighted by atomic mass is 79.9. The van der Waals surface area contributed by atoms with Crippen LogP contribution in [0.1, 0.15) is 16.8 Å². The first-order valence-electron chi connectivity index (χ1n) is 7.11. The molecule has 1 atom stereocenters. The van der Waals surface area contributed by atoms with Gasteiger partial charge in [-0.15, -0.1) is 0 Å². The van der Waals surface area contributed by atoms with Gasteiger partial charge in [-0.2, -0.15) is 0 Å². The zero-order valence-electron chi connectivity index (χ0n) is 11.4. The number of hydrogen-bond acceptors (Lipinski definition) is 3. The van der Waals surface area contributed by atoms with Gasteiger partial charge in [0.25, 0.3) is 5.91 Å². The first-order valence-corrected chi connectivity index (χ1v) is 7.90. The van der Waals surface area contributed by atoms with Crippen molar-refractivity contribution in [3.63, 3.8) is 0 Å². The molecule has 0 aliphatic carbocycles. The molecule has 2 saturated heterocycles. The van der Waals surface area contributed by atoms with Gasteiger partial charge in [0.1, 0.15) is 0 Å². The van der Waals surface area contributed by atoms with E-state index in [1.165, 1.54) is 0 Å².